The number of halogens is 2. The van der Waals surface area contributed by atoms with E-state index in [1.165, 1.54) is 38.7 Å². The van der Waals surface area contributed by atoms with Gasteiger partial charge in [-0.25, -0.2) is 13.3 Å². The first-order valence-corrected chi connectivity index (χ1v) is 9.03. The van der Waals surface area contributed by atoms with Gasteiger partial charge < -0.3 is 14.2 Å². The minimum Gasteiger partial charge on any atom is -0.493 e. The van der Waals surface area contributed by atoms with Gasteiger partial charge in [0.2, 0.25) is 10.7 Å². The van der Waals surface area contributed by atoms with Crippen molar-refractivity contribution in [2.75, 3.05) is 21.3 Å². The largest absolute Gasteiger partial charge is 0.493 e. The standard InChI is InChI=1S/C19H15F2N3O3S/c1-25-15-7-11(8-16(26-2)17(15)27-3)18-22-19-24(23-18)14(9-28-19)10-4-5-12(20)13(21)6-10/h4-9H,1-3H3. The van der Waals surface area contributed by atoms with E-state index in [9.17, 15) is 8.78 Å². The van der Waals surface area contributed by atoms with E-state index in [2.05, 4.69) is 10.1 Å². The van der Waals surface area contributed by atoms with Gasteiger partial charge in [-0.3, -0.25) is 0 Å². The van der Waals surface area contributed by atoms with E-state index in [0.717, 1.165) is 12.1 Å². The molecule has 0 aliphatic carbocycles. The van der Waals surface area contributed by atoms with Gasteiger partial charge in [0, 0.05) is 16.5 Å². The van der Waals surface area contributed by atoms with Gasteiger partial charge in [0.25, 0.3) is 0 Å². The van der Waals surface area contributed by atoms with Crippen molar-refractivity contribution < 1.29 is 23.0 Å². The zero-order valence-electron chi connectivity index (χ0n) is 15.2. The molecule has 0 saturated carbocycles. The number of hydrogen-bond donors (Lipinski definition) is 0. The lowest BCUT2D eigenvalue weighted by Gasteiger charge is -2.12. The van der Waals surface area contributed by atoms with E-state index < -0.39 is 11.6 Å². The summed E-state index contributed by atoms with van der Waals surface area (Å²) in [6.07, 6.45) is 0. The number of benzene rings is 2. The van der Waals surface area contributed by atoms with Crippen LogP contribution in [0.4, 0.5) is 8.78 Å². The molecule has 0 aliphatic rings. The molecular formula is C19H15F2N3O3S. The Balaban J connectivity index is 1.83. The van der Waals surface area contributed by atoms with Crippen LogP contribution in [-0.4, -0.2) is 35.9 Å². The summed E-state index contributed by atoms with van der Waals surface area (Å²) in [5, 5.41) is 6.32. The molecule has 2 aromatic carbocycles. The van der Waals surface area contributed by atoms with Gasteiger partial charge in [0.1, 0.15) is 0 Å². The lowest BCUT2D eigenvalue weighted by molar-refractivity contribution is 0.324. The molecule has 0 aliphatic heterocycles. The zero-order chi connectivity index (χ0) is 19.8. The maximum absolute atomic E-state index is 13.6. The SMILES string of the molecule is COc1cc(-c2nc3scc(-c4ccc(F)c(F)c4)n3n2)cc(OC)c1OC. The third-order valence-corrected chi connectivity index (χ3v) is 5.04. The van der Waals surface area contributed by atoms with Gasteiger partial charge in [-0.15, -0.1) is 16.4 Å². The Morgan fingerprint density at radius 1 is 0.893 bits per heavy atom. The molecule has 0 saturated heterocycles. The topological polar surface area (TPSA) is 57.9 Å². The van der Waals surface area contributed by atoms with E-state index in [0.29, 0.717) is 44.9 Å². The van der Waals surface area contributed by atoms with Crippen molar-refractivity contribution in [3.8, 4) is 39.9 Å². The Bertz CT molecular complexity index is 1150. The van der Waals surface area contributed by atoms with Crippen molar-refractivity contribution in [2.24, 2.45) is 0 Å². The number of hydrogen-bond acceptors (Lipinski definition) is 6. The van der Waals surface area contributed by atoms with Crippen LogP contribution in [0.15, 0.2) is 35.7 Å². The number of nitrogens with zero attached hydrogens (tertiary/aromatic N) is 3. The van der Waals surface area contributed by atoms with Gasteiger partial charge in [-0.1, -0.05) is 0 Å². The molecule has 9 heteroatoms. The summed E-state index contributed by atoms with van der Waals surface area (Å²) in [6, 6.07) is 7.22. The summed E-state index contributed by atoms with van der Waals surface area (Å²) < 4.78 is 44.5. The average Bonchev–Trinajstić information content (AvgIpc) is 3.29. The molecule has 0 radical (unpaired) electrons. The third kappa shape index (κ3) is 2.93. The summed E-state index contributed by atoms with van der Waals surface area (Å²) in [4.78, 5) is 5.14. The highest BCUT2D eigenvalue weighted by molar-refractivity contribution is 7.15. The molecule has 4 aromatic rings. The van der Waals surface area contributed by atoms with E-state index >= 15 is 0 Å². The van der Waals surface area contributed by atoms with Crippen LogP contribution in [0, 0.1) is 11.6 Å². The summed E-state index contributed by atoms with van der Waals surface area (Å²) in [5.41, 5.74) is 1.79. The Morgan fingerprint density at radius 2 is 1.61 bits per heavy atom. The highest BCUT2D eigenvalue weighted by Gasteiger charge is 2.18. The summed E-state index contributed by atoms with van der Waals surface area (Å²) in [5.74, 6) is 0.0626. The maximum Gasteiger partial charge on any atom is 0.213 e. The second-order valence-corrected chi connectivity index (χ2v) is 6.63. The predicted octanol–water partition coefficient (Wildman–Crippen LogP) is 4.43. The van der Waals surface area contributed by atoms with Crippen LogP contribution in [0.2, 0.25) is 0 Å². The lowest BCUT2D eigenvalue weighted by atomic mass is 10.1. The number of thiazole rings is 1. The van der Waals surface area contributed by atoms with Crippen LogP contribution in [0.3, 0.4) is 0 Å². The van der Waals surface area contributed by atoms with Crippen LogP contribution in [0.1, 0.15) is 0 Å². The predicted molar refractivity (Wildman–Crippen MR) is 101 cm³/mol. The smallest absolute Gasteiger partial charge is 0.213 e. The van der Waals surface area contributed by atoms with E-state index in [-0.39, 0.29) is 0 Å². The minimum atomic E-state index is -0.915. The highest BCUT2D eigenvalue weighted by Crippen LogP contribution is 2.41. The van der Waals surface area contributed by atoms with Crippen molar-refractivity contribution >= 4 is 16.3 Å². The number of fused-ring (bicyclic) bond motifs is 1. The van der Waals surface area contributed by atoms with Crippen molar-refractivity contribution in [3.63, 3.8) is 0 Å². The minimum absolute atomic E-state index is 0.440. The van der Waals surface area contributed by atoms with Crippen molar-refractivity contribution in [2.45, 2.75) is 0 Å². The normalized spacial score (nSPS) is 11.0. The Hall–Kier alpha value is -3.20. The fourth-order valence-electron chi connectivity index (χ4n) is 2.87. The van der Waals surface area contributed by atoms with Gasteiger partial charge in [-0.2, -0.15) is 4.98 Å². The molecule has 0 atom stereocenters. The molecule has 4 rings (SSSR count). The number of aromatic nitrogens is 3. The number of ether oxygens (including phenoxy) is 3. The van der Waals surface area contributed by atoms with E-state index in [4.69, 9.17) is 14.2 Å². The Labute approximate surface area is 162 Å². The first kappa shape index (κ1) is 18.2. The van der Waals surface area contributed by atoms with Crippen LogP contribution >= 0.6 is 11.3 Å². The van der Waals surface area contributed by atoms with Gasteiger partial charge >= 0.3 is 0 Å². The van der Waals surface area contributed by atoms with Crippen molar-refractivity contribution in [1.82, 2.24) is 14.6 Å². The lowest BCUT2D eigenvalue weighted by Crippen LogP contribution is -1.96. The highest BCUT2D eigenvalue weighted by atomic mass is 32.1. The first-order valence-electron chi connectivity index (χ1n) is 8.15. The summed E-state index contributed by atoms with van der Waals surface area (Å²) in [6.45, 7) is 0. The molecule has 0 spiro atoms. The number of methoxy groups -OCH3 is 3. The zero-order valence-corrected chi connectivity index (χ0v) is 16.0. The molecule has 6 nitrogen and oxygen atoms in total. The van der Waals surface area contributed by atoms with Gasteiger partial charge in [0.15, 0.2) is 29.0 Å². The maximum atomic E-state index is 13.6. The molecule has 2 heterocycles. The van der Waals surface area contributed by atoms with Crippen LogP contribution in [-0.2, 0) is 0 Å². The molecular weight excluding hydrogens is 388 g/mol. The summed E-state index contributed by atoms with van der Waals surface area (Å²) >= 11 is 1.35. The van der Waals surface area contributed by atoms with Crippen LogP contribution in [0.5, 0.6) is 17.2 Å². The molecule has 0 N–H and O–H groups in total. The molecule has 0 amide bonds. The Morgan fingerprint density at radius 3 is 2.21 bits per heavy atom. The fraction of sp³-hybridized carbons (Fsp3) is 0.158. The second kappa shape index (κ2) is 7.08. The second-order valence-electron chi connectivity index (χ2n) is 5.79. The monoisotopic (exact) mass is 403 g/mol. The van der Waals surface area contributed by atoms with Crippen LogP contribution < -0.4 is 14.2 Å². The van der Waals surface area contributed by atoms with Gasteiger partial charge in [0.05, 0.1) is 27.0 Å². The fourth-order valence-corrected chi connectivity index (χ4v) is 3.70. The molecule has 0 fully saturated rings. The van der Waals surface area contributed by atoms with Crippen molar-refractivity contribution in [3.05, 3.63) is 47.3 Å². The molecule has 0 bridgehead atoms. The average molecular weight is 403 g/mol. The molecule has 2 aromatic heterocycles. The number of rotatable bonds is 5. The first-order chi connectivity index (χ1) is 13.5. The van der Waals surface area contributed by atoms with E-state index in [1.807, 2.05) is 0 Å². The van der Waals surface area contributed by atoms with E-state index in [1.54, 1.807) is 22.0 Å². The quantitative estimate of drug-likeness (QED) is 0.493. The Kier molecular flexibility index (Phi) is 4.60. The molecule has 28 heavy (non-hydrogen) atoms. The molecule has 0 unspecified atom stereocenters. The summed E-state index contributed by atoms with van der Waals surface area (Å²) in [7, 11) is 4.59. The van der Waals surface area contributed by atoms with Crippen molar-refractivity contribution in [1.29, 1.82) is 0 Å². The van der Waals surface area contributed by atoms with Crippen LogP contribution in [0.25, 0.3) is 27.6 Å². The molecule has 144 valence electrons. The third-order valence-electron chi connectivity index (χ3n) is 4.22. The van der Waals surface area contributed by atoms with Gasteiger partial charge in [-0.05, 0) is 30.3 Å².